The molecule has 1 aliphatic heterocycles. The fraction of sp³-hybridized carbons (Fsp3) is 0.286. The molecule has 1 fully saturated rings. The summed E-state index contributed by atoms with van der Waals surface area (Å²) in [7, 11) is 0. The molecule has 1 saturated heterocycles. The molecular weight excluding hydrogens is 296 g/mol. The van der Waals surface area contributed by atoms with Crippen molar-refractivity contribution in [2.45, 2.75) is 12.8 Å². The van der Waals surface area contributed by atoms with Crippen LogP contribution in [0.15, 0.2) is 35.2 Å². The molecule has 2 N–H and O–H groups in total. The Morgan fingerprint density at radius 2 is 1.95 bits per heavy atom. The monoisotopic (exact) mass is 310 g/mol. The standard InChI is InChI=1S/C14H15ClN2O2S/c15-11-6-4-10(5-7-11)2-1-3-12-13(18)17(9-8-16)14(19)20-12/h3-7H,1-2,8-9,16H2/b12-3+. The Bertz CT molecular complexity index is 543. The lowest BCUT2D eigenvalue weighted by Gasteiger charge is -2.09. The van der Waals surface area contributed by atoms with Crippen LogP contribution >= 0.6 is 23.4 Å². The van der Waals surface area contributed by atoms with E-state index in [0.29, 0.717) is 16.3 Å². The average molecular weight is 311 g/mol. The molecule has 0 unspecified atom stereocenters. The predicted octanol–water partition coefficient (Wildman–Crippen LogP) is 2.81. The van der Waals surface area contributed by atoms with E-state index in [0.717, 1.165) is 23.7 Å². The van der Waals surface area contributed by atoms with Crippen molar-refractivity contribution in [3.8, 4) is 0 Å². The molecule has 6 heteroatoms. The van der Waals surface area contributed by atoms with Crippen LogP contribution in [0.1, 0.15) is 12.0 Å². The van der Waals surface area contributed by atoms with Crippen molar-refractivity contribution < 1.29 is 9.59 Å². The van der Waals surface area contributed by atoms with Gasteiger partial charge in [-0.25, -0.2) is 0 Å². The third-order valence-corrected chi connectivity index (χ3v) is 4.11. The lowest BCUT2D eigenvalue weighted by atomic mass is 10.1. The predicted molar refractivity (Wildman–Crippen MR) is 81.6 cm³/mol. The number of nitrogens with two attached hydrogens (primary N) is 1. The number of imide groups is 1. The van der Waals surface area contributed by atoms with Gasteiger partial charge >= 0.3 is 0 Å². The first-order valence-corrected chi connectivity index (χ1v) is 7.49. The first kappa shape index (κ1) is 15.1. The maximum Gasteiger partial charge on any atom is 0.293 e. The minimum Gasteiger partial charge on any atom is -0.329 e. The summed E-state index contributed by atoms with van der Waals surface area (Å²) in [6, 6.07) is 7.59. The summed E-state index contributed by atoms with van der Waals surface area (Å²) in [6.45, 7) is 0.565. The normalized spacial score (nSPS) is 17.3. The molecule has 1 aromatic rings. The maximum absolute atomic E-state index is 11.9. The number of carbonyl (C=O) groups is 2. The van der Waals surface area contributed by atoms with E-state index in [4.69, 9.17) is 17.3 Å². The second-order valence-electron chi connectivity index (χ2n) is 4.35. The van der Waals surface area contributed by atoms with E-state index in [9.17, 15) is 9.59 Å². The Kier molecular flexibility index (Phi) is 5.23. The van der Waals surface area contributed by atoms with Gasteiger partial charge in [0.05, 0.1) is 4.91 Å². The lowest BCUT2D eigenvalue weighted by molar-refractivity contribution is -0.122. The number of hydrogen-bond donors (Lipinski definition) is 1. The van der Waals surface area contributed by atoms with Crippen LogP contribution in [0.4, 0.5) is 4.79 Å². The van der Waals surface area contributed by atoms with Crippen LogP contribution < -0.4 is 5.73 Å². The number of amides is 2. The molecule has 0 spiro atoms. The minimum atomic E-state index is -0.238. The zero-order valence-electron chi connectivity index (χ0n) is 10.8. The molecule has 20 heavy (non-hydrogen) atoms. The van der Waals surface area contributed by atoms with Crippen molar-refractivity contribution in [3.05, 3.63) is 45.8 Å². The zero-order chi connectivity index (χ0) is 14.5. The lowest BCUT2D eigenvalue weighted by Crippen LogP contribution is -2.33. The number of hydrogen-bond acceptors (Lipinski definition) is 4. The van der Waals surface area contributed by atoms with Gasteiger partial charge in [0.25, 0.3) is 11.1 Å². The van der Waals surface area contributed by atoms with Gasteiger partial charge in [-0.2, -0.15) is 0 Å². The SMILES string of the molecule is NCCN1C(=O)S/C(=C/CCc2ccc(Cl)cc2)C1=O. The van der Waals surface area contributed by atoms with E-state index in [2.05, 4.69) is 0 Å². The van der Waals surface area contributed by atoms with Crippen LogP contribution in [0.5, 0.6) is 0 Å². The number of rotatable bonds is 5. The summed E-state index contributed by atoms with van der Waals surface area (Å²) in [6.07, 6.45) is 3.33. The number of thioether (sulfide) groups is 1. The summed E-state index contributed by atoms with van der Waals surface area (Å²) >= 11 is 6.80. The van der Waals surface area contributed by atoms with Crippen LogP contribution in [0.3, 0.4) is 0 Å². The van der Waals surface area contributed by atoms with Crippen LogP contribution in [0, 0.1) is 0 Å². The Morgan fingerprint density at radius 1 is 1.25 bits per heavy atom. The number of allylic oxidation sites excluding steroid dienone is 1. The van der Waals surface area contributed by atoms with Crippen LogP contribution in [0.2, 0.25) is 5.02 Å². The van der Waals surface area contributed by atoms with E-state index in [1.807, 2.05) is 30.3 Å². The van der Waals surface area contributed by atoms with Crippen molar-refractivity contribution >= 4 is 34.5 Å². The smallest absolute Gasteiger partial charge is 0.293 e. The highest BCUT2D eigenvalue weighted by Gasteiger charge is 2.33. The minimum absolute atomic E-state index is 0.235. The molecule has 1 aliphatic rings. The first-order chi connectivity index (χ1) is 9.61. The molecule has 0 saturated carbocycles. The molecule has 106 valence electrons. The molecule has 0 aliphatic carbocycles. The highest BCUT2D eigenvalue weighted by atomic mass is 35.5. The third-order valence-electron chi connectivity index (χ3n) is 2.90. The molecular formula is C14H15ClN2O2S. The topological polar surface area (TPSA) is 63.4 Å². The average Bonchev–Trinajstić information content (AvgIpc) is 2.69. The molecule has 1 aromatic carbocycles. The molecule has 0 bridgehead atoms. The van der Waals surface area contributed by atoms with Crippen molar-refractivity contribution in [1.82, 2.24) is 4.90 Å². The summed E-state index contributed by atoms with van der Waals surface area (Å²) < 4.78 is 0. The Morgan fingerprint density at radius 3 is 2.60 bits per heavy atom. The summed E-state index contributed by atoms with van der Waals surface area (Å²) in [4.78, 5) is 25.2. The fourth-order valence-electron chi connectivity index (χ4n) is 1.88. The highest BCUT2D eigenvalue weighted by Crippen LogP contribution is 2.30. The first-order valence-electron chi connectivity index (χ1n) is 6.30. The highest BCUT2D eigenvalue weighted by molar-refractivity contribution is 8.18. The van der Waals surface area contributed by atoms with Gasteiger partial charge in [0.1, 0.15) is 0 Å². The van der Waals surface area contributed by atoms with Crippen molar-refractivity contribution in [2.24, 2.45) is 5.73 Å². The summed E-state index contributed by atoms with van der Waals surface area (Å²) in [5.74, 6) is -0.235. The van der Waals surface area contributed by atoms with Crippen molar-refractivity contribution in [2.75, 3.05) is 13.1 Å². The van der Waals surface area contributed by atoms with Crippen molar-refractivity contribution in [3.63, 3.8) is 0 Å². The van der Waals surface area contributed by atoms with Crippen LogP contribution in [-0.4, -0.2) is 29.1 Å². The number of halogens is 1. The number of benzene rings is 1. The molecule has 0 aromatic heterocycles. The Balaban J connectivity index is 1.93. The number of aryl methyl sites for hydroxylation is 1. The molecule has 2 rings (SSSR count). The van der Waals surface area contributed by atoms with Gasteiger partial charge in [-0.05, 0) is 42.3 Å². The van der Waals surface area contributed by atoms with Gasteiger partial charge in [-0.3, -0.25) is 14.5 Å². The molecule has 4 nitrogen and oxygen atoms in total. The fourth-order valence-corrected chi connectivity index (χ4v) is 2.88. The van der Waals surface area contributed by atoms with Crippen LogP contribution in [-0.2, 0) is 11.2 Å². The van der Waals surface area contributed by atoms with E-state index in [1.165, 1.54) is 4.90 Å². The summed E-state index contributed by atoms with van der Waals surface area (Å²) in [5, 5.41) is 0.467. The number of nitrogens with zero attached hydrogens (tertiary/aromatic N) is 1. The van der Waals surface area contributed by atoms with Gasteiger partial charge in [0.15, 0.2) is 0 Å². The van der Waals surface area contributed by atoms with Crippen LogP contribution in [0.25, 0.3) is 0 Å². The van der Waals surface area contributed by atoms with E-state index in [-0.39, 0.29) is 24.2 Å². The van der Waals surface area contributed by atoms with Crippen molar-refractivity contribution in [1.29, 1.82) is 0 Å². The van der Waals surface area contributed by atoms with Gasteiger partial charge < -0.3 is 5.73 Å². The largest absolute Gasteiger partial charge is 0.329 e. The number of carbonyl (C=O) groups excluding carboxylic acids is 2. The van der Waals surface area contributed by atoms with Gasteiger partial charge in [0, 0.05) is 18.1 Å². The zero-order valence-corrected chi connectivity index (χ0v) is 12.4. The van der Waals surface area contributed by atoms with E-state index in [1.54, 1.807) is 0 Å². The Hall–Kier alpha value is -1.30. The maximum atomic E-state index is 11.9. The van der Waals surface area contributed by atoms with Gasteiger partial charge in [-0.1, -0.05) is 29.8 Å². The molecule has 2 amide bonds. The summed E-state index contributed by atoms with van der Waals surface area (Å²) in [5.41, 5.74) is 6.53. The van der Waals surface area contributed by atoms with E-state index >= 15 is 0 Å². The van der Waals surface area contributed by atoms with E-state index < -0.39 is 0 Å². The second kappa shape index (κ2) is 6.92. The van der Waals surface area contributed by atoms with Gasteiger partial charge in [-0.15, -0.1) is 0 Å². The van der Waals surface area contributed by atoms with Gasteiger partial charge in [0.2, 0.25) is 0 Å². The molecule has 0 atom stereocenters. The molecule has 1 heterocycles. The third kappa shape index (κ3) is 3.62. The quantitative estimate of drug-likeness (QED) is 0.849. The Labute approximate surface area is 127 Å². The molecule has 0 radical (unpaired) electrons. The second-order valence-corrected chi connectivity index (χ2v) is 5.78.